The minimum absolute atomic E-state index is 0.00744. The van der Waals surface area contributed by atoms with E-state index in [9.17, 15) is 9.59 Å². The first-order valence-electron chi connectivity index (χ1n) is 24.2. The van der Waals surface area contributed by atoms with Gasteiger partial charge in [-0.1, -0.05) is 85.8 Å². The zero-order valence-corrected chi connectivity index (χ0v) is 47.4. The second-order valence-electron chi connectivity index (χ2n) is 21.1. The molecule has 0 unspecified atom stereocenters. The number of pyridine rings is 1. The zero-order valence-electron chi connectivity index (χ0n) is 43.6. The lowest BCUT2D eigenvalue weighted by Crippen LogP contribution is -2.57. The van der Waals surface area contributed by atoms with Gasteiger partial charge in [0.2, 0.25) is 0 Å². The van der Waals surface area contributed by atoms with Crippen LogP contribution < -0.4 is 10.1 Å². The summed E-state index contributed by atoms with van der Waals surface area (Å²) in [5, 5.41) is 2.64. The molecule has 1 amide bonds. The van der Waals surface area contributed by atoms with Crippen LogP contribution in [0.15, 0.2) is 23.8 Å². The smallest absolute Gasteiger partial charge is 0.408 e. The predicted molar refractivity (Wildman–Crippen MR) is 270 cm³/mol. The fourth-order valence-corrected chi connectivity index (χ4v) is 15.4. The van der Waals surface area contributed by atoms with Crippen molar-refractivity contribution in [1.29, 1.82) is 0 Å². The monoisotopic (exact) mass is 1000 g/mol. The maximum absolute atomic E-state index is 14.2. The van der Waals surface area contributed by atoms with Crippen molar-refractivity contribution in [3.8, 4) is 29.1 Å². The summed E-state index contributed by atoms with van der Waals surface area (Å²) >= 11 is 6.99. The van der Waals surface area contributed by atoms with E-state index in [0.717, 1.165) is 36.3 Å². The molecule has 5 rings (SSSR count). The van der Waals surface area contributed by atoms with Crippen molar-refractivity contribution in [3.63, 3.8) is 0 Å². The van der Waals surface area contributed by atoms with E-state index in [-0.39, 0.29) is 54.5 Å². The lowest BCUT2D eigenvalue weighted by Gasteiger charge is -2.44. The van der Waals surface area contributed by atoms with Gasteiger partial charge in [-0.2, -0.15) is 0 Å². The Labute approximate surface area is 410 Å². The highest BCUT2D eigenvalue weighted by atomic mass is 35.5. The van der Waals surface area contributed by atoms with Gasteiger partial charge in [-0.05, 0) is 107 Å². The number of hydrogen-bond acceptors (Lipinski definition) is 12. The number of amides is 1. The Balaban J connectivity index is 2.13. The van der Waals surface area contributed by atoms with E-state index in [1.807, 2.05) is 19.9 Å². The van der Waals surface area contributed by atoms with Crippen molar-refractivity contribution < 1.29 is 51.6 Å². The number of nitrogens with zero attached hydrogens (tertiary/aromatic N) is 1. The Morgan fingerprint density at radius 1 is 1.00 bits per heavy atom. The van der Waals surface area contributed by atoms with Crippen LogP contribution in [-0.2, 0) is 42.1 Å². The number of esters is 1. The first kappa shape index (κ1) is 56.8. The van der Waals surface area contributed by atoms with Crippen LogP contribution in [0.2, 0.25) is 59.5 Å². The van der Waals surface area contributed by atoms with Crippen LogP contribution in [0.25, 0.3) is 0 Å². The van der Waals surface area contributed by atoms with E-state index < -0.39 is 83.7 Å². The average Bonchev–Trinajstić information content (AvgIpc) is 3.72. The molecule has 13 nitrogen and oxygen atoms in total. The van der Waals surface area contributed by atoms with Gasteiger partial charge in [0, 0.05) is 12.7 Å². The molecule has 0 aromatic carbocycles. The van der Waals surface area contributed by atoms with Gasteiger partial charge in [-0.3, -0.25) is 4.79 Å². The minimum atomic E-state index is -2.59. The van der Waals surface area contributed by atoms with E-state index in [2.05, 4.69) is 109 Å². The summed E-state index contributed by atoms with van der Waals surface area (Å²) in [6.07, 6.45) is -1.48. The normalized spacial score (nSPS) is 25.8. The fraction of sp³-hybridized carbons (Fsp3) is 0.740. The Hall–Kier alpha value is -2.75. The number of ether oxygens (including phenoxy) is 7. The van der Waals surface area contributed by atoms with E-state index in [1.165, 1.54) is 7.11 Å². The van der Waals surface area contributed by atoms with Crippen molar-refractivity contribution in [1.82, 2.24) is 10.3 Å². The van der Waals surface area contributed by atoms with Crippen LogP contribution in [0.4, 0.5) is 4.79 Å². The second-order valence-corrected chi connectivity index (χ2v) is 35.9. The van der Waals surface area contributed by atoms with Crippen LogP contribution >= 0.6 is 11.6 Å². The zero-order chi connectivity index (χ0) is 50.3. The molecule has 1 aliphatic carbocycles. The number of hydrogen-bond donors (Lipinski definition) is 1. The van der Waals surface area contributed by atoms with Crippen molar-refractivity contribution in [2.75, 3.05) is 27.1 Å². The molecular formula is C50H81ClN2O11Si3. The molecule has 17 heteroatoms. The molecule has 67 heavy (non-hydrogen) atoms. The Morgan fingerprint density at radius 3 is 2.16 bits per heavy atom. The molecule has 1 aromatic rings. The average molecular weight is 1010 g/mol. The van der Waals surface area contributed by atoms with Crippen molar-refractivity contribution in [2.24, 2.45) is 0 Å². The van der Waals surface area contributed by atoms with Gasteiger partial charge in [0.1, 0.15) is 45.4 Å². The highest BCUT2D eigenvalue weighted by Gasteiger charge is 2.62. The van der Waals surface area contributed by atoms with Gasteiger partial charge < -0.3 is 47.3 Å². The summed E-state index contributed by atoms with van der Waals surface area (Å²) in [7, 11) is -5.60. The summed E-state index contributed by atoms with van der Waals surface area (Å²) in [5.74, 6) is 9.50. The summed E-state index contributed by atoms with van der Waals surface area (Å²) in [6, 6.07) is 7.72. The fourth-order valence-electron chi connectivity index (χ4n) is 8.44. The molecule has 1 N–H and O–H groups in total. The highest BCUT2D eigenvalue weighted by molar-refractivity contribution is 6.87. The van der Waals surface area contributed by atoms with E-state index in [1.54, 1.807) is 32.9 Å². The number of carbonyl (C=O) groups excluding carboxylic acids is 2. The van der Waals surface area contributed by atoms with Crippen LogP contribution in [-0.4, -0.2) is 110 Å². The molecular weight excluding hydrogens is 924 g/mol. The van der Waals surface area contributed by atoms with Crippen molar-refractivity contribution >= 4 is 48.4 Å². The Kier molecular flexibility index (Phi) is 19.1. The summed E-state index contributed by atoms with van der Waals surface area (Å²) in [5.41, 5.74) is 1.16. The molecule has 6 atom stereocenters. The van der Waals surface area contributed by atoms with Crippen molar-refractivity contribution in [2.45, 2.75) is 211 Å². The third kappa shape index (κ3) is 13.8. The summed E-state index contributed by atoms with van der Waals surface area (Å²) in [6.45, 7) is 32.8. The van der Waals surface area contributed by atoms with Gasteiger partial charge in [-0.25, -0.2) is 9.78 Å². The topological polar surface area (TPSA) is 142 Å². The largest absolute Gasteiger partial charge is 0.480 e. The first-order chi connectivity index (χ1) is 31.2. The van der Waals surface area contributed by atoms with E-state index in [0.29, 0.717) is 5.57 Å². The second kappa shape index (κ2) is 22.6. The number of methoxy groups -OCH3 is 1. The third-order valence-electron chi connectivity index (χ3n) is 14.1. The van der Waals surface area contributed by atoms with E-state index >= 15 is 0 Å². The first-order valence-corrected chi connectivity index (χ1v) is 32.7. The molecule has 376 valence electrons. The van der Waals surface area contributed by atoms with Crippen LogP contribution in [0, 0.1) is 23.3 Å². The summed E-state index contributed by atoms with van der Waals surface area (Å²) < 4.78 is 59.4. The standard InChI is InChI=1S/C50H81ClN2O11Si3/c1-18-66(19-2,20-3)30-24-28-49(64-67(21-4,22-5)23-6)29-27-36-31-40(43(62-65(16,17)47(10,11)12)50(36)34-59-48(13,14)63-50)60-39-26-25-37(52-44(39)51)38(53-45(55)61-46(7,8)9)32-42(54)57-33-41(49)58-35-56-15/h25-26,31,38,40-41,43H,18-23,28,32-35H2,1-17H3,(H,53,55)/t38-,40+,41-,43-,49+,50+/m1/s1. The molecule has 0 saturated carbocycles. The molecule has 4 aliphatic rings. The van der Waals surface area contributed by atoms with Gasteiger partial charge in [0.25, 0.3) is 0 Å². The molecule has 1 fully saturated rings. The lowest BCUT2D eigenvalue weighted by molar-refractivity contribution is -0.173. The number of carbonyl (C=O) groups is 2. The maximum Gasteiger partial charge on any atom is 0.408 e. The lowest BCUT2D eigenvalue weighted by atomic mass is 9.90. The van der Waals surface area contributed by atoms with Gasteiger partial charge in [0.05, 0.1) is 31.2 Å². The number of nitrogens with one attached hydrogen (secondary N) is 1. The maximum atomic E-state index is 14.2. The van der Waals surface area contributed by atoms with Crippen molar-refractivity contribution in [3.05, 3.63) is 34.6 Å². The molecule has 4 bridgehead atoms. The molecule has 3 aliphatic heterocycles. The Bertz CT molecular complexity index is 2020. The predicted octanol–water partition coefficient (Wildman–Crippen LogP) is 11.0. The van der Waals surface area contributed by atoms with Crippen LogP contribution in [0.3, 0.4) is 0 Å². The minimum Gasteiger partial charge on any atom is -0.480 e. The molecule has 1 saturated heterocycles. The highest BCUT2D eigenvalue weighted by Crippen LogP contribution is 2.50. The number of halogens is 1. The molecule has 1 spiro atoms. The molecule has 0 radical (unpaired) electrons. The Morgan fingerprint density at radius 2 is 1.64 bits per heavy atom. The number of rotatable bonds is 15. The number of aromatic nitrogens is 1. The van der Waals surface area contributed by atoms with Crippen LogP contribution in [0.5, 0.6) is 5.75 Å². The molecule has 4 heterocycles. The van der Waals surface area contributed by atoms with Crippen LogP contribution in [0.1, 0.15) is 122 Å². The molecule has 1 aromatic heterocycles. The quantitative estimate of drug-likeness (QED) is 0.0587. The number of fused-ring (bicyclic) bond motifs is 9. The number of alkyl carbamates (subject to hydrolysis) is 1. The summed E-state index contributed by atoms with van der Waals surface area (Å²) in [4.78, 5) is 32.2. The van der Waals surface area contributed by atoms with Gasteiger partial charge in [0.15, 0.2) is 44.5 Å². The van der Waals surface area contributed by atoms with E-state index in [4.69, 9.17) is 53.6 Å². The SMILES string of the molecule is CC[Si](C#CC[C@]1(O[Si](CC)(CC)CC)C#CC2=C[C@H](Oc3ccc(nc3Cl)[C@H](NC(=O)OC(C)(C)C)CC(=O)OC[C@H]1OCOC)[C@@H](O[Si](C)(C)C(C)(C)C)[C@]21COC(C)(C)O1)(CC)CC. The third-order valence-corrected chi connectivity index (χ3v) is 28.3. The van der Waals surface area contributed by atoms with Gasteiger partial charge in [-0.15, -0.1) is 11.5 Å². The van der Waals surface area contributed by atoms with Gasteiger partial charge >= 0.3 is 12.1 Å².